The quantitative estimate of drug-likeness (QED) is 0.712. The van der Waals surface area contributed by atoms with Crippen molar-refractivity contribution < 1.29 is 18.7 Å². The smallest absolute Gasteiger partial charge is 0.413 e. The van der Waals surface area contributed by atoms with Crippen molar-refractivity contribution in [1.82, 2.24) is 20.1 Å². The molecular weight excluding hydrogens is 370 g/mol. The van der Waals surface area contributed by atoms with Crippen molar-refractivity contribution in [1.29, 1.82) is 0 Å². The zero-order chi connectivity index (χ0) is 18.8. The van der Waals surface area contributed by atoms with Gasteiger partial charge in [-0.3, -0.25) is 15.2 Å². The van der Waals surface area contributed by atoms with Crippen molar-refractivity contribution >= 4 is 28.5 Å². The van der Waals surface area contributed by atoms with Gasteiger partial charge in [-0.05, 0) is 19.1 Å². The van der Waals surface area contributed by atoms with Gasteiger partial charge in [-0.15, -0.1) is 0 Å². The number of nitrogens with one attached hydrogen (secondary N) is 2. The van der Waals surface area contributed by atoms with E-state index in [-0.39, 0.29) is 5.91 Å². The zero-order valence-corrected chi connectivity index (χ0v) is 15.3. The van der Waals surface area contributed by atoms with Crippen molar-refractivity contribution in [2.24, 2.45) is 0 Å². The van der Waals surface area contributed by atoms with Crippen LogP contribution in [0.15, 0.2) is 28.9 Å². The molecule has 3 aromatic rings. The van der Waals surface area contributed by atoms with Crippen LogP contribution in [0.4, 0.5) is 9.93 Å². The fraction of sp³-hybridized carbons (Fsp3) is 0.294. The molecule has 9 nitrogen and oxygen atoms in total. The molecule has 0 unspecified atom stereocenters. The van der Waals surface area contributed by atoms with Crippen molar-refractivity contribution in [3.05, 3.63) is 40.7 Å². The molecule has 0 saturated carbocycles. The molecule has 0 aromatic carbocycles. The van der Waals surface area contributed by atoms with E-state index < -0.39 is 6.09 Å². The molecule has 1 aliphatic heterocycles. The monoisotopic (exact) mass is 387 g/mol. The van der Waals surface area contributed by atoms with Crippen molar-refractivity contribution in [3.8, 4) is 11.5 Å². The van der Waals surface area contributed by atoms with Gasteiger partial charge in [-0.2, -0.15) is 5.10 Å². The Balaban J connectivity index is 1.45. The van der Waals surface area contributed by atoms with Gasteiger partial charge in [0.15, 0.2) is 16.6 Å². The molecule has 1 aliphatic rings. The van der Waals surface area contributed by atoms with Gasteiger partial charge in [0.25, 0.3) is 5.91 Å². The summed E-state index contributed by atoms with van der Waals surface area (Å²) in [6, 6.07) is 5.25. The molecule has 0 spiro atoms. The molecule has 4 rings (SSSR count). The molecule has 4 heterocycles. The molecule has 140 valence electrons. The predicted octanol–water partition coefficient (Wildman–Crippen LogP) is 2.89. The van der Waals surface area contributed by atoms with E-state index in [1.54, 1.807) is 36.3 Å². The Morgan fingerprint density at radius 2 is 2.37 bits per heavy atom. The van der Waals surface area contributed by atoms with Gasteiger partial charge in [-0.1, -0.05) is 11.3 Å². The van der Waals surface area contributed by atoms with Crippen LogP contribution in [0.2, 0.25) is 0 Å². The van der Waals surface area contributed by atoms with Crippen LogP contribution in [-0.4, -0.2) is 45.2 Å². The van der Waals surface area contributed by atoms with Gasteiger partial charge >= 0.3 is 6.09 Å². The summed E-state index contributed by atoms with van der Waals surface area (Å²) in [6.45, 7) is 3.00. The third-order valence-corrected chi connectivity index (χ3v) is 5.08. The van der Waals surface area contributed by atoms with E-state index in [0.29, 0.717) is 48.4 Å². The summed E-state index contributed by atoms with van der Waals surface area (Å²) in [5.74, 6) is 0.461. The van der Waals surface area contributed by atoms with Crippen LogP contribution in [0.5, 0.6) is 0 Å². The SMILES string of the molecule is CCOC(=O)Nc1nc2c(s1)CN(C(=O)c1cc(-c3ccco3)[nH]n1)CC2. The first-order valence-corrected chi connectivity index (χ1v) is 9.26. The predicted molar refractivity (Wildman–Crippen MR) is 97.5 cm³/mol. The number of hydrogen-bond donors (Lipinski definition) is 2. The number of anilines is 1. The lowest BCUT2D eigenvalue weighted by atomic mass is 10.1. The third kappa shape index (κ3) is 3.56. The molecule has 2 amide bonds. The van der Waals surface area contributed by atoms with Crippen LogP contribution in [0.1, 0.15) is 28.0 Å². The van der Waals surface area contributed by atoms with Crippen LogP contribution in [-0.2, 0) is 17.7 Å². The van der Waals surface area contributed by atoms with E-state index in [2.05, 4.69) is 20.5 Å². The lowest BCUT2D eigenvalue weighted by Crippen LogP contribution is -2.35. The van der Waals surface area contributed by atoms with E-state index in [9.17, 15) is 9.59 Å². The Morgan fingerprint density at radius 1 is 1.48 bits per heavy atom. The first-order valence-electron chi connectivity index (χ1n) is 8.45. The van der Waals surface area contributed by atoms with Gasteiger partial charge < -0.3 is 14.1 Å². The number of amides is 2. The fourth-order valence-electron chi connectivity index (χ4n) is 2.83. The Kier molecular flexibility index (Phi) is 4.63. The molecular formula is C17H17N5O4S. The van der Waals surface area contributed by atoms with Gasteiger partial charge in [0, 0.05) is 23.9 Å². The summed E-state index contributed by atoms with van der Waals surface area (Å²) >= 11 is 1.35. The van der Waals surface area contributed by atoms with E-state index in [0.717, 1.165) is 10.6 Å². The number of aromatic amines is 1. The molecule has 0 saturated heterocycles. The minimum Gasteiger partial charge on any atom is -0.463 e. The highest BCUT2D eigenvalue weighted by atomic mass is 32.1. The maximum atomic E-state index is 12.8. The largest absolute Gasteiger partial charge is 0.463 e. The number of hydrogen-bond acceptors (Lipinski definition) is 7. The molecule has 10 heteroatoms. The number of H-pyrrole nitrogens is 1. The molecule has 0 atom stereocenters. The minimum absolute atomic E-state index is 0.164. The van der Waals surface area contributed by atoms with Crippen molar-refractivity contribution in [2.45, 2.75) is 19.9 Å². The average Bonchev–Trinajstić information content (AvgIpc) is 3.39. The Morgan fingerprint density at radius 3 is 3.15 bits per heavy atom. The summed E-state index contributed by atoms with van der Waals surface area (Å²) in [5, 5.41) is 10.0. The van der Waals surface area contributed by atoms with E-state index >= 15 is 0 Å². The van der Waals surface area contributed by atoms with Crippen LogP contribution < -0.4 is 5.32 Å². The molecule has 3 aromatic heterocycles. The summed E-state index contributed by atoms with van der Waals surface area (Å²) in [7, 11) is 0. The second-order valence-corrected chi connectivity index (χ2v) is 6.94. The Labute approximate surface area is 158 Å². The number of nitrogens with zero attached hydrogens (tertiary/aromatic N) is 3. The second kappa shape index (κ2) is 7.23. The van der Waals surface area contributed by atoms with E-state index in [4.69, 9.17) is 9.15 Å². The van der Waals surface area contributed by atoms with Gasteiger partial charge in [0.1, 0.15) is 5.69 Å². The standard InChI is InChI=1S/C17H17N5O4S/c1-2-25-17(24)19-16-18-10-5-6-22(9-14(10)27-16)15(23)12-8-11(20-21-12)13-4-3-7-26-13/h3-4,7-8H,2,5-6,9H2,1H3,(H,20,21)(H,18,19,24). The average molecular weight is 387 g/mol. The molecule has 0 bridgehead atoms. The van der Waals surface area contributed by atoms with Crippen LogP contribution in [0.25, 0.3) is 11.5 Å². The summed E-state index contributed by atoms with van der Waals surface area (Å²) in [5.41, 5.74) is 1.88. The number of carbonyl (C=O) groups excluding carboxylic acids is 2. The van der Waals surface area contributed by atoms with E-state index in [1.165, 1.54) is 11.3 Å². The number of furan rings is 1. The molecule has 0 radical (unpaired) electrons. The first kappa shape index (κ1) is 17.3. The number of ether oxygens (including phenoxy) is 1. The number of aromatic nitrogens is 3. The number of fused-ring (bicyclic) bond motifs is 1. The maximum Gasteiger partial charge on any atom is 0.413 e. The first-order chi connectivity index (χ1) is 13.1. The summed E-state index contributed by atoms with van der Waals surface area (Å²) < 4.78 is 10.2. The molecule has 0 fully saturated rings. The summed E-state index contributed by atoms with van der Waals surface area (Å²) in [4.78, 5) is 31.4. The number of rotatable bonds is 4. The second-order valence-electron chi connectivity index (χ2n) is 5.86. The van der Waals surface area contributed by atoms with Crippen molar-refractivity contribution in [3.63, 3.8) is 0 Å². The van der Waals surface area contributed by atoms with E-state index in [1.807, 2.05) is 0 Å². The fourth-order valence-corrected chi connectivity index (χ4v) is 3.84. The van der Waals surface area contributed by atoms with Gasteiger partial charge in [0.05, 0.1) is 25.1 Å². The third-order valence-electron chi connectivity index (χ3n) is 4.09. The number of carbonyl (C=O) groups is 2. The lowest BCUT2D eigenvalue weighted by molar-refractivity contribution is 0.0730. The Hall–Kier alpha value is -3.14. The Bertz CT molecular complexity index is 962. The molecule has 2 N–H and O–H groups in total. The minimum atomic E-state index is -0.529. The molecule has 0 aliphatic carbocycles. The normalized spacial score (nSPS) is 13.3. The van der Waals surface area contributed by atoms with Crippen LogP contribution in [0.3, 0.4) is 0 Å². The highest BCUT2D eigenvalue weighted by molar-refractivity contribution is 7.15. The zero-order valence-electron chi connectivity index (χ0n) is 14.5. The lowest BCUT2D eigenvalue weighted by Gasteiger charge is -2.25. The highest BCUT2D eigenvalue weighted by Crippen LogP contribution is 2.29. The van der Waals surface area contributed by atoms with Gasteiger partial charge in [-0.25, -0.2) is 9.78 Å². The maximum absolute atomic E-state index is 12.8. The summed E-state index contributed by atoms with van der Waals surface area (Å²) in [6.07, 6.45) is 1.66. The number of thiazole rings is 1. The van der Waals surface area contributed by atoms with Crippen molar-refractivity contribution in [2.75, 3.05) is 18.5 Å². The van der Waals surface area contributed by atoms with Crippen LogP contribution in [0, 0.1) is 0 Å². The van der Waals surface area contributed by atoms with Crippen LogP contribution >= 0.6 is 11.3 Å². The van der Waals surface area contributed by atoms with Gasteiger partial charge in [0.2, 0.25) is 0 Å². The topological polar surface area (TPSA) is 113 Å². The highest BCUT2D eigenvalue weighted by Gasteiger charge is 2.27. The molecule has 27 heavy (non-hydrogen) atoms.